The van der Waals surface area contributed by atoms with Crippen molar-refractivity contribution < 1.29 is 4.74 Å². The second kappa shape index (κ2) is 5.77. The van der Waals surface area contributed by atoms with Gasteiger partial charge in [0.15, 0.2) is 5.15 Å². The molecule has 0 spiro atoms. The highest BCUT2D eigenvalue weighted by Crippen LogP contribution is 2.14. The third kappa shape index (κ3) is 3.05. The quantitative estimate of drug-likeness (QED) is 0.679. The Morgan fingerprint density at radius 3 is 2.33 bits per heavy atom. The molecule has 1 heterocycles. The van der Waals surface area contributed by atoms with E-state index in [1.54, 1.807) is 13.2 Å². The maximum Gasteiger partial charge on any atom is 0.236 e. The molecular weight excluding hydrogens is 176 g/mol. The van der Waals surface area contributed by atoms with Crippen LogP contribution in [-0.2, 0) is 0 Å². The summed E-state index contributed by atoms with van der Waals surface area (Å²) < 4.78 is 4.87. The van der Waals surface area contributed by atoms with Crippen LogP contribution in [0.3, 0.4) is 0 Å². The van der Waals surface area contributed by atoms with Crippen molar-refractivity contribution in [1.82, 2.24) is 10.2 Å². The molecule has 0 aliphatic heterocycles. The van der Waals surface area contributed by atoms with Gasteiger partial charge in [0.05, 0.1) is 7.11 Å². The highest BCUT2D eigenvalue weighted by molar-refractivity contribution is 6.29. The first-order valence-corrected chi connectivity index (χ1v) is 4.15. The summed E-state index contributed by atoms with van der Waals surface area (Å²) in [5.41, 5.74) is 0.891. The molecule has 0 amide bonds. The molecule has 0 N–H and O–H groups in total. The van der Waals surface area contributed by atoms with Gasteiger partial charge in [0, 0.05) is 5.56 Å². The molecule has 4 heteroatoms. The topological polar surface area (TPSA) is 35.0 Å². The highest BCUT2D eigenvalue weighted by Gasteiger charge is 1.99. The largest absolute Gasteiger partial charge is 0.480 e. The van der Waals surface area contributed by atoms with Gasteiger partial charge in [-0.3, -0.25) is 0 Å². The van der Waals surface area contributed by atoms with Gasteiger partial charge in [-0.05, 0) is 13.0 Å². The van der Waals surface area contributed by atoms with Crippen molar-refractivity contribution in [3.63, 3.8) is 0 Å². The molecule has 3 nitrogen and oxygen atoms in total. The Hall–Kier alpha value is -0.830. The number of hydrogen-bond donors (Lipinski definition) is 0. The molecule has 0 aromatic carbocycles. The van der Waals surface area contributed by atoms with E-state index < -0.39 is 0 Å². The Morgan fingerprint density at radius 1 is 1.33 bits per heavy atom. The predicted octanol–water partition coefficient (Wildman–Crippen LogP) is 2.47. The first-order chi connectivity index (χ1) is 5.74. The monoisotopic (exact) mass is 188 g/mol. The molecule has 0 saturated heterocycles. The third-order valence-electron chi connectivity index (χ3n) is 1.10. The van der Waals surface area contributed by atoms with Crippen LogP contribution in [0.2, 0.25) is 5.15 Å². The minimum Gasteiger partial charge on any atom is -0.480 e. The van der Waals surface area contributed by atoms with Crippen molar-refractivity contribution >= 4 is 11.6 Å². The molecule has 0 atom stereocenters. The molecule has 0 radical (unpaired) electrons. The Labute approximate surface area is 77.7 Å². The fraction of sp³-hybridized carbons (Fsp3) is 0.500. The fourth-order valence-electron chi connectivity index (χ4n) is 0.643. The molecule has 0 fully saturated rings. The van der Waals surface area contributed by atoms with E-state index in [0.29, 0.717) is 11.0 Å². The lowest BCUT2D eigenvalue weighted by Crippen LogP contribution is -1.93. The summed E-state index contributed by atoms with van der Waals surface area (Å²) in [7, 11) is 1.55. The minimum absolute atomic E-state index is 0.387. The van der Waals surface area contributed by atoms with Crippen molar-refractivity contribution in [3.8, 4) is 5.88 Å². The molecule has 1 aromatic rings. The summed E-state index contributed by atoms with van der Waals surface area (Å²) >= 11 is 5.54. The van der Waals surface area contributed by atoms with E-state index >= 15 is 0 Å². The Balaban J connectivity index is 0.000000561. The summed E-state index contributed by atoms with van der Waals surface area (Å²) in [5, 5.41) is 7.68. The van der Waals surface area contributed by atoms with Gasteiger partial charge >= 0.3 is 0 Å². The van der Waals surface area contributed by atoms with E-state index in [4.69, 9.17) is 16.3 Å². The lowest BCUT2D eigenvalue weighted by Gasteiger charge is -1.99. The second-order valence-electron chi connectivity index (χ2n) is 1.86. The zero-order valence-corrected chi connectivity index (χ0v) is 8.51. The molecular formula is C8H13ClN2O. The average Bonchev–Trinajstić information content (AvgIpc) is 2.08. The van der Waals surface area contributed by atoms with E-state index in [1.165, 1.54) is 0 Å². The van der Waals surface area contributed by atoms with Gasteiger partial charge in [-0.1, -0.05) is 25.4 Å². The molecule has 68 valence electrons. The molecule has 1 aromatic heterocycles. The Kier molecular flexibility index (Phi) is 5.37. The first kappa shape index (κ1) is 11.2. The summed E-state index contributed by atoms with van der Waals surface area (Å²) in [4.78, 5) is 0. The van der Waals surface area contributed by atoms with Gasteiger partial charge in [-0.15, -0.1) is 10.2 Å². The van der Waals surface area contributed by atoms with Gasteiger partial charge in [0.2, 0.25) is 5.88 Å². The number of rotatable bonds is 1. The predicted molar refractivity (Wildman–Crippen MR) is 49.7 cm³/mol. The van der Waals surface area contributed by atoms with Gasteiger partial charge in [0.25, 0.3) is 0 Å². The standard InChI is InChI=1S/C6H7ClN2O.C2H6/c1-4-3-5(7)8-9-6(4)10-2;1-2/h3H,1-2H3;1-2H3. The van der Waals surface area contributed by atoms with Gasteiger partial charge in [-0.2, -0.15) is 0 Å². The van der Waals surface area contributed by atoms with Crippen LogP contribution >= 0.6 is 11.6 Å². The molecule has 0 bridgehead atoms. The summed E-state index contributed by atoms with van der Waals surface area (Å²) in [5.74, 6) is 0.518. The molecule has 1 rings (SSSR count). The number of nitrogens with zero attached hydrogens (tertiary/aromatic N) is 2. The lowest BCUT2D eigenvalue weighted by atomic mass is 10.3. The minimum atomic E-state index is 0.387. The van der Waals surface area contributed by atoms with Crippen LogP contribution in [0.4, 0.5) is 0 Å². The van der Waals surface area contributed by atoms with Crippen molar-refractivity contribution in [2.75, 3.05) is 7.11 Å². The van der Waals surface area contributed by atoms with E-state index in [1.807, 2.05) is 20.8 Å². The average molecular weight is 189 g/mol. The van der Waals surface area contributed by atoms with Gasteiger partial charge in [-0.25, -0.2) is 0 Å². The molecule has 0 aliphatic rings. The molecule has 0 saturated carbocycles. The van der Waals surface area contributed by atoms with Crippen LogP contribution in [0, 0.1) is 6.92 Å². The second-order valence-corrected chi connectivity index (χ2v) is 2.25. The molecule has 0 unspecified atom stereocenters. The van der Waals surface area contributed by atoms with Gasteiger partial charge in [0.1, 0.15) is 0 Å². The Bertz CT molecular complexity index is 240. The number of ether oxygens (including phenoxy) is 1. The zero-order chi connectivity index (χ0) is 9.56. The van der Waals surface area contributed by atoms with Crippen molar-refractivity contribution in [1.29, 1.82) is 0 Å². The molecule has 12 heavy (non-hydrogen) atoms. The van der Waals surface area contributed by atoms with Crippen molar-refractivity contribution in [3.05, 3.63) is 16.8 Å². The maximum atomic E-state index is 5.54. The van der Waals surface area contributed by atoms with E-state index in [9.17, 15) is 0 Å². The van der Waals surface area contributed by atoms with Crippen molar-refractivity contribution in [2.45, 2.75) is 20.8 Å². The van der Waals surface area contributed by atoms with Crippen LogP contribution in [0.15, 0.2) is 6.07 Å². The SMILES string of the molecule is CC.COc1nnc(Cl)cc1C. The van der Waals surface area contributed by atoms with Crippen LogP contribution in [-0.4, -0.2) is 17.3 Å². The van der Waals surface area contributed by atoms with Crippen LogP contribution in [0.5, 0.6) is 5.88 Å². The normalized spacial score (nSPS) is 8.42. The van der Waals surface area contributed by atoms with Crippen molar-refractivity contribution in [2.24, 2.45) is 0 Å². The summed E-state index contributed by atoms with van der Waals surface area (Å²) in [6.45, 7) is 5.86. The third-order valence-corrected chi connectivity index (χ3v) is 1.29. The lowest BCUT2D eigenvalue weighted by molar-refractivity contribution is 0.388. The van der Waals surface area contributed by atoms with E-state index in [0.717, 1.165) is 5.56 Å². The Morgan fingerprint density at radius 2 is 1.92 bits per heavy atom. The number of aryl methyl sites for hydroxylation is 1. The summed E-state index contributed by atoms with van der Waals surface area (Å²) in [6.07, 6.45) is 0. The maximum absolute atomic E-state index is 5.54. The number of aromatic nitrogens is 2. The van der Waals surface area contributed by atoms with E-state index in [-0.39, 0.29) is 0 Å². The first-order valence-electron chi connectivity index (χ1n) is 3.78. The fourth-order valence-corrected chi connectivity index (χ4v) is 0.845. The number of halogens is 1. The molecule has 0 aliphatic carbocycles. The zero-order valence-electron chi connectivity index (χ0n) is 7.76. The van der Waals surface area contributed by atoms with Crippen LogP contribution in [0.25, 0.3) is 0 Å². The number of hydrogen-bond acceptors (Lipinski definition) is 3. The highest BCUT2D eigenvalue weighted by atomic mass is 35.5. The van der Waals surface area contributed by atoms with E-state index in [2.05, 4.69) is 10.2 Å². The van der Waals surface area contributed by atoms with Crippen LogP contribution in [0.1, 0.15) is 19.4 Å². The number of methoxy groups -OCH3 is 1. The van der Waals surface area contributed by atoms with Crippen LogP contribution < -0.4 is 4.74 Å². The smallest absolute Gasteiger partial charge is 0.236 e. The summed E-state index contributed by atoms with van der Waals surface area (Å²) in [6, 6.07) is 1.70. The van der Waals surface area contributed by atoms with Gasteiger partial charge < -0.3 is 4.74 Å².